The Bertz CT molecular complexity index is 1260. The van der Waals surface area contributed by atoms with Crippen LogP contribution < -0.4 is 10.9 Å². The fourth-order valence-corrected chi connectivity index (χ4v) is 3.33. The van der Waals surface area contributed by atoms with E-state index in [1.165, 1.54) is 6.20 Å². The van der Waals surface area contributed by atoms with Crippen LogP contribution in [0.4, 0.5) is 5.95 Å². The average Bonchev–Trinajstić information content (AvgIpc) is 3.44. The SMILES string of the molecule is C[C@H](Nc1nccc(-n2nnnc2C2CC2)n1)c1cc2cc(Cl)cnc2[nH]c1=O. The summed E-state index contributed by atoms with van der Waals surface area (Å²) in [7, 11) is 0. The lowest BCUT2D eigenvalue weighted by atomic mass is 10.1. The zero-order valence-corrected chi connectivity index (χ0v) is 16.1. The molecule has 0 saturated heterocycles. The minimum atomic E-state index is -0.353. The van der Waals surface area contributed by atoms with Gasteiger partial charge in [-0.15, -0.1) is 5.10 Å². The zero-order chi connectivity index (χ0) is 20.0. The fourth-order valence-electron chi connectivity index (χ4n) is 3.17. The summed E-state index contributed by atoms with van der Waals surface area (Å²) in [5, 5.41) is 16.3. The van der Waals surface area contributed by atoms with Crippen molar-refractivity contribution in [2.75, 3.05) is 5.32 Å². The molecule has 0 unspecified atom stereocenters. The number of aromatic amines is 1. The first-order valence-corrected chi connectivity index (χ1v) is 9.53. The Balaban J connectivity index is 1.44. The second-order valence-electron chi connectivity index (χ2n) is 6.97. The average molecular weight is 410 g/mol. The highest BCUT2D eigenvalue weighted by Gasteiger charge is 2.30. The van der Waals surface area contributed by atoms with Gasteiger partial charge in [-0.25, -0.2) is 9.97 Å². The van der Waals surface area contributed by atoms with E-state index < -0.39 is 0 Å². The molecular weight excluding hydrogens is 394 g/mol. The Labute approximate surface area is 169 Å². The van der Waals surface area contributed by atoms with E-state index in [0.29, 0.717) is 33.9 Å². The molecule has 0 spiro atoms. The topological polar surface area (TPSA) is 127 Å². The molecule has 29 heavy (non-hydrogen) atoms. The molecule has 2 N–H and O–H groups in total. The molecule has 0 amide bonds. The number of hydrogen-bond acceptors (Lipinski definition) is 8. The number of halogens is 1. The van der Waals surface area contributed by atoms with Gasteiger partial charge in [0.15, 0.2) is 11.6 Å². The van der Waals surface area contributed by atoms with Crippen LogP contribution in [-0.2, 0) is 0 Å². The molecule has 10 nitrogen and oxygen atoms in total. The van der Waals surface area contributed by atoms with Crippen molar-refractivity contribution in [1.82, 2.24) is 40.1 Å². The van der Waals surface area contributed by atoms with Crippen molar-refractivity contribution in [2.24, 2.45) is 0 Å². The summed E-state index contributed by atoms with van der Waals surface area (Å²) in [4.78, 5) is 28.2. The molecule has 1 aliphatic carbocycles. The van der Waals surface area contributed by atoms with Gasteiger partial charge in [0.05, 0.1) is 11.1 Å². The molecule has 0 aliphatic heterocycles. The van der Waals surface area contributed by atoms with Crippen molar-refractivity contribution in [1.29, 1.82) is 0 Å². The summed E-state index contributed by atoms with van der Waals surface area (Å²) in [5.41, 5.74) is 0.775. The highest BCUT2D eigenvalue weighted by Crippen LogP contribution is 2.38. The van der Waals surface area contributed by atoms with Gasteiger partial charge in [-0.05, 0) is 42.3 Å². The molecule has 1 atom stereocenters. The van der Waals surface area contributed by atoms with Crippen molar-refractivity contribution in [3.8, 4) is 5.82 Å². The van der Waals surface area contributed by atoms with E-state index in [1.807, 2.05) is 6.92 Å². The van der Waals surface area contributed by atoms with E-state index in [1.54, 1.807) is 29.1 Å². The summed E-state index contributed by atoms with van der Waals surface area (Å²) < 4.78 is 1.63. The van der Waals surface area contributed by atoms with Crippen molar-refractivity contribution in [2.45, 2.75) is 31.7 Å². The van der Waals surface area contributed by atoms with Crippen molar-refractivity contribution >= 4 is 28.6 Å². The highest BCUT2D eigenvalue weighted by molar-refractivity contribution is 6.31. The lowest BCUT2D eigenvalue weighted by Gasteiger charge is -2.14. The maximum absolute atomic E-state index is 12.5. The molecule has 0 aromatic carbocycles. The predicted octanol–water partition coefficient (Wildman–Crippen LogP) is 2.39. The number of aromatic nitrogens is 8. The van der Waals surface area contributed by atoms with E-state index in [4.69, 9.17) is 11.6 Å². The van der Waals surface area contributed by atoms with Gasteiger partial charge in [0.25, 0.3) is 5.56 Å². The van der Waals surface area contributed by atoms with Gasteiger partial charge in [-0.1, -0.05) is 11.6 Å². The van der Waals surface area contributed by atoms with E-state index in [2.05, 4.69) is 40.8 Å². The van der Waals surface area contributed by atoms with Gasteiger partial charge in [0, 0.05) is 35.3 Å². The van der Waals surface area contributed by atoms with E-state index in [9.17, 15) is 4.79 Å². The lowest BCUT2D eigenvalue weighted by molar-refractivity contribution is 0.738. The monoisotopic (exact) mass is 409 g/mol. The molecule has 5 rings (SSSR count). The Morgan fingerprint density at radius 3 is 3.00 bits per heavy atom. The summed E-state index contributed by atoms with van der Waals surface area (Å²) >= 11 is 6.02. The van der Waals surface area contributed by atoms with Crippen LogP contribution in [0.25, 0.3) is 16.9 Å². The third kappa shape index (κ3) is 3.42. The largest absolute Gasteiger partial charge is 0.347 e. The molecule has 4 aromatic heterocycles. The van der Waals surface area contributed by atoms with Gasteiger partial charge in [-0.3, -0.25) is 4.79 Å². The first-order valence-electron chi connectivity index (χ1n) is 9.15. The number of nitrogens with one attached hydrogen (secondary N) is 2. The summed E-state index contributed by atoms with van der Waals surface area (Å²) in [6.07, 6.45) is 5.29. The Morgan fingerprint density at radius 2 is 2.17 bits per heavy atom. The normalized spacial score (nSPS) is 14.8. The number of nitrogens with zero attached hydrogens (tertiary/aromatic N) is 7. The van der Waals surface area contributed by atoms with Crippen LogP contribution in [0, 0.1) is 0 Å². The lowest BCUT2D eigenvalue weighted by Crippen LogP contribution is -2.20. The maximum Gasteiger partial charge on any atom is 0.254 e. The van der Waals surface area contributed by atoms with Crippen LogP contribution in [0.1, 0.15) is 43.1 Å². The Morgan fingerprint density at radius 1 is 1.31 bits per heavy atom. The van der Waals surface area contributed by atoms with Gasteiger partial charge < -0.3 is 10.3 Å². The number of H-pyrrole nitrogens is 1. The number of pyridine rings is 2. The van der Waals surface area contributed by atoms with Gasteiger partial charge in [0.2, 0.25) is 5.95 Å². The molecule has 4 heterocycles. The third-order valence-electron chi connectivity index (χ3n) is 4.80. The first-order chi connectivity index (χ1) is 14.1. The van der Waals surface area contributed by atoms with Gasteiger partial charge >= 0.3 is 0 Å². The van der Waals surface area contributed by atoms with Crippen molar-refractivity contribution in [3.05, 3.63) is 57.4 Å². The first kappa shape index (κ1) is 17.7. The van der Waals surface area contributed by atoms with Crippen LogP contribution in [0.5, 0.6) is 0 Å². The summed E-state index contributed by atoms with van der Waals surface area (Å²) in [6.45, 7) is 1.86. The van der Waals surface area contributed by atoms with E-state index >= 15 is 0 Å². The van der Waals surface area contributed by atoms with Crippen LogP contribution in [0.15, 0.2) is 35.4 Å². The second kappa shape index (κ2) is 6.89. The molecule has 1 fully saturated rings. The minimum Gasteiger partial charge on any atom is -0.347 e. The zero-order valence-electron chi connectivity index (χ0n) is 15.4. The van der Waals surface area contributed by atoms with Gasteiger partial charge in [-0.2, -0.15) is 9.67 Å². The number of hydrogen-bond donors (Lipinski definition) is 2. The fraction of sp³-hybridized carbons (Fsp3) is 0.278. The molecule has 0 bridgehead atoms. The minimum absolute atomic E-state index is 0.236. The Kier molecular flexibility index (Phi) is 4.20. The number of tetrazole rings is 1. The summed E-state index contributed by atoms with van der Waals surface area (Å²) in [5.74, 6) is 2.13. The highest BCUT2D eigenvalue weighted by atomic mass is 35.5. The quantitative estimate of drug-likeness (QED) is 0.514. The molecule has 4 aromatic rings. The van der Waals surface area contributed by atoms with Crippen LogP contribution in [0.2, 0.25) is 5.02 Å². The van der Waals surface area contributed by atoms with E-state index in [-0.39, 0.29) is 11.6 Å². The van der Waals surface area contributed by atoms with Crippen LogP contribution in [0.3, 0.4) is 0 Å². The standard InChI is InChI=1S/C18H16ClN9O/c1-9(13-7-11-6-12(19)8-21-15(11)24-17(13)29)22-18-20-5-4-14(23-18)28-16(10-2-3-10)25-26-27-28/h4-10H,2-3H2,1H3,(H,20,22,23)(H,21,24,29)/t9-/m0/s1. The molecule has 1 aliphatic rings. The molecule has 146 valence electrons. The molecule has 1 saturated carbocycles. The van der Waals surface area contributed by atoms with Crippen LogP contribution in [-0.4, -0.2) is 40.1 Å². The van der Waals surface area contributed by atoms with Crippen molar-refractivity contribution in [3.63, 3.8) is 0 Å². The van der Waals surface area contributed by atoms with Crippen LogP contribution >= 0.6 is 11.6 Å². The second-order valence-corrected chi connectivity index (χ2v) is 7.41. The van der Waals surface area contributed by atoms with Crippen molar-refractivity contribution < 1.29 is 0 Å². The maximum atomic E-state index is 12.5. The third-order valence-corrected chi connectivity index (χ3v) is 5.00. The molecular formula is C18H16ClN9O. The Hall–Kier alpha value is -3.40. The smallest absolute Gasteiger partial charge is 0.254 e. The molecule has 0 radical (unpaired) electrons. The van der Waals surface area contributed by atoms with Gasteiger partial charge in [0.1, 0.15) is 5.65 Å². The number of fused-ring (bicyclic) bond motifs is 1. The molecule has 11 heteroatoms. The van der Waals surface area contributed by atoms with E-state index in [0.717, 1.165) is 24.1 Å². The number of anilines is 1. The summed E-state index contributed by atoms with van der Waals surface area (Å²) in [6, 6.07) is 4.91. The predicted molar refractivity (Wildman–Crippen MR) is 106 cm³/mol. The number of rotatable bonds is 5.